The minimum absolute atomic E-state index is 0.176. The third-order valence-electron chi connectivity index (χ3n) is 4.16. The molecule has 1 aliphatic rings. The first-order chi connectivity index (χ1) is 9.00. The molecule has 2 rings (SSSR count). The first kappa shape index (κ1) is 15.4. The average Bonchev–Trinajstić information content (AvgIpc) is 2.17. The van der Waals surface area contributed by atoms with Crippen molar-refractivity contribution in [1.29, 1.82) is 0 Å². The number of hydrogen-bond acceptors (Lipinski definition) is 1. The van der Waals surface area contributed by atoms with E-state index in [9.17, 15) is 8.78 Å². The van der Waals surface area contributed by atoms with Crippen molar-refractivity contribution in [3.63, 3.8) is 0 Å². The Balaban J connectivity index is 2.23. The van der Waals surface area contributed by atoms with Crippen molar-refractivity contribution in [2.24, 2.45) is 16.6 Å². The number of halogens is 2. The van der Waals surface area contributed by atoms with Gasteiger partial charge in [-0.15, -0.1) is 0 Å². The van der Waals surface area contributed by atoms with Gasteiger partial charge in [-0.3, -0.25) is 0 Å². The lowest BCUT2D eigenvalue weighted by molar-refractivity contribution is 0.0487. The summed E-state index contributed by atoms with van der Waals surface area (Å²) in [5.74, 6) is -1.59. The van der Waals surface area contributed by atoms with Gasteiger partial charge in [-0.25, -0.2) is 8.78 Å². The second-order valence-corrected chi connectivity index (χ2v) is 8.15. The lowest BCUT2D eigenvalue weighted by Gasteiger charge is -2.50. The maximum atomic E-state index is 13.3. The maximum Gasteiger partial charge on any atom is 0.159 e. The molecule has 112 valence electrons. The number of nitrogens with two attached hydrogens (primary N) is 1. The van der Waals surface area contributed by atoms with Crippen molar-refractivity contribution in [2.45, 2.75) is 58.9 Å². The topological polar surface area (TPSA) is 26.0 Å². The number of hydrogen-bond donors (Lipinski definition) is 1. The zero-order chi connectivity index (χ0) is 15.2. The molecule has 0 unspecified atom stereocenters. The molecular formula is C17H25F2N. The van der Waals surface area contributed by atoms with Gasteiger partial charge in [0.1, 0.15) is 0 Å². The van der Waals surface area contributed by atoms with Gasteiger partial charge < -0.3 is 5.73 Å². The van der Waals surface area contributed by atoms with Gasteiger partial charge >= 0.3 is 0 Å². The van der Waals surface area contributed by atoms with Crippen LogP contribution in [-0.4, -0.2) is 5.54 Å². The summed E-state index contributed by atoms with van der Waals surface area (Å²) in [6, 6.07) is 4.10. The minimum Gasteiger partial charge on any atom is -0.325 e. The van der Waals surface area contributed by atoms with Gasteiger partial charge in [0.2, 0.25) is 0 Å². The van der Waals surface area contributed by atoms with Crippen molar-refractivity contribution in [2.75, 3.05) is 0 Å². The predicted molar refractivity (Wildman–Crippen MR) is 78.4 cm³/mol. The normalized spacial score (nSPS) is 23.6. The molecule has 1 aliphatic carbocycles. The van der Waals surface area contributed by atoms with Crippen LogP contribution in [0.2, 0.25) is 0 Å². The minimum atomic E-state index is -0.802. The van der Waals surface area contributed by atoms with Crippen molar-refractivity contribution < 1.29 is 8.78 Å². The lowest BCUT2D eigenvalue weighted by Crippen LogP contribution is -2.53. The largest absolute Gasteiger partial charge is 0.325 e. The highest BCUT2D eigenvalue weighted by Gasteiger charge is 2.45. The molecule has 3 heteroatoms. The summed E-state index contributed by atoms with van der Waals surface area (Å²) in [5, 5.41) is 0. The molecule has 0 heterocycles. The summed E-state index contributed by atoms with van der Waals surface area (Å²) in [4.78, 5) is 0. The van der Waals surface area contributed by atoms with Crippen LogP contribution in [0.3, 0.4) is 0 Å². The summed E-state index contributed by atoms with van der Waals surface area (Å²) in [6.07, 6.45) is 3.54. The van der Waals surface area contributed by atoms with E-state index in [0.29, 0.717) is 6.42 Å². The van der Waals surface area contributed by atoms with Crippen LogP contribution in [-0.2, 0) is 6.42 Å². The maximum absolute atomic E-state index is 13.3. The SMILES string of the molecule is CC1(C)CC(C)(C)CC(N)(Cc2ccc(F)c(F)c2)C1. The molecule has 2 N–H and O–H groups in total. The summed E-state index contributed by atoms with van der Waals surface area (Å²) < 4.78 is 26.4. The highest BCUT2D eigenvalue weighted by molar-refractivity contribution is 5.21. The molecule has 0 amide bonds. The van der Waals surface area contributed by atoms with E-state index in [-0.39, 0.29) is 16.4 Å². The first-order valence-electron chi connectivity index (χ1n) is 7.23. The van der Waals surface area contributed by atoms with Crippen molar-refractivity contribution in [1.82, 2.24) is 0 Å². The van der Waals surface area contributed by atoms with E-state index in [0.717, 1.165) is 24.8 Å². The molecule has 1 aromatic carbocycles. The molecule has 1 nitrogen and oxygen atoms in total. The second kappa shape index (κ2) is 4.80. The highest BCUT2D eigenvalue weighted by atomic mass is 19.2. The summed E-state index contributed by atoms with van der Waals surface area (Å²) in [5.41, 5.74) is 7.39. The van der Waals surface area contributed by atoms with E-state index in [1.165, 1.54) is 12.1 Å². The Hall–Kier alpha value is -0.960. The average molecular weight is 281 g/mol. The van der Waals surface area contributed by atoms with Crippen LogP contribution in [0.5, 0.6) is 0 Å². The van der Waals surface area contributed by atoms with E-state index in [4.69, 9.17) is 5.73 Å². The quantitative estimate of drug-likeness (QED) is 0.852. The predicted octanol–water partition coefficient (Wildman–Crippen LogP) is 4.44. The molecule has 0 saturated heterocycles. The number of rotatable bonds is 2. The molecule has 1 fully saturated rings. The zero-order valence-electron chi connectivity index (χ0n) is 12.9. The lowest BCUT2D eigenvalue weighted by atomic mass is 9.57. The van der Waals surface area contributed by atoms with E-state index >= 15 is 0 Å². The summed E-state index contributed by atoms with van der Waals surface area (Å²) in [7, 11) is 0. The molecule has 0 atom stereocenters. The first-order valence-corrected chi connectivity index (χ1v) is 7.23. The molecule has 20 heavy (non-hydrogen) atoms. The van der Waals surface area contributed by atoms with E-state index in [2.05, 4.69) is 27.7 Å². The monoisotopic (exact) mass is 281 g/mol. The van der Waals surface area contributed by atoms with E-state index in [1.54, 1.807) is 6.07 Å². The van der Waals surface area contributed by atoms with Crippen LogP contribution in [0, 0.1) is 22.5 Å². The molecule has 0 aromatic heterocycles. The Kier molecular flexibility index (Phi) is 3.70. The number of benzene rings is 1. The van der Waals surface area contributed by atoms with Crippen LogP contribution >= 0.6 is 0 Å². The Morgan fingerprint density at radius 3 is 2.00 bits per heavy atom. The van der Waals surface area contributed by atoms with Gasteiger partial charge in [-0.05, 0) is 54.2 Å². The summed E-state index contributed by atoms with van der Waals surface area (Å²) >= 11 is 0. The van der Waals surface area contributed by atoms with Gasteiger partial charge in [-0.2, -0.15) is 0 Å². The molecule has 1 saturated carbocycles. The molecule has 0 spiro atoms. The third-order valence-corrected chi connectivity index (χ3v) is 4.16. The fraction of sp³-hybridized carbons (Fsp3) is 0.647. The van der Waals surface area contributed by atoms with E-state index in [1.807, 2.05) is 0 Å². The van der Waals surface area contributed by atoms with Crippen LogP contribution in [0.15, 0.2) is 18.2 Å². The molecule has 0 bridgehead atoms. The smallest absolute Gasteiger partial charge is 0.159 e. The standard InChI is InChI=1S/C17H25F2N/c1-15(2)9-16(3,4)11-17(20,10-15)8-12-5-6-13(18)14(19)7-12/h5-7H,8-11,20H2,1-4H3. The van der Waals surface area contributed by atoms with Crippen molar-refractivity contribution in [3.05, 3.63) is 35.4 Å². The van der Waals surface area contributed by atoms with E-state index < -0.39 is 11.6 Å². The van der Waals surface area contributed by atoms with Crippen LogP contribution in [0.1, 0.15) is 52.5 Å². The van der Waals surface area contributed by atoms with Gasteiger partial charge in [0.25, 0.3) is 0 Å². The fourth-order valence-corrected chi connectivity index (χ4v) is 4.57. The fourth-order valence-electron chi connectivity index (χ4n) is 4.57. The Labute approximate surface area is 120 Å². The molecule has 0 aliphatic heterocycles. The van der Waals surface area contributed by atoms with Gasteiger partial charge in [0.15, 0.2) is 11.6 Å². The van der Waals surface area contributed by atoms with Gasteiger partial charge in [0.05, 0.1) is 0 Å². The third kappa shape index (κ3) is 3.57. The molecular weight excluding hydrogens is 256 g/mol. The Morgan fingerprint density at radius 2 is 1.50 bits per heavy atom. The Bertz CT molecular complexity index is 490. The van der Waals surface area contributed by atoms with Crippen LogP contribution in [0.25, 0.3) is 0 Å². The van der Waals surface area contributed by atoms with Crippen LogP contribution in [0.4, 0.5) is 8.78 Å². The van der Waals surface area contributed by atoms with Gasteiger partial charge in [-0.1, -0.05) is 33.8 Å². The zero-order valence-corrected chi connectivity index (χ0v) is 12.9. The Morgan fingerprint density at radius 1 is 0.950 bits per heavy atom. The molecule has 0 radical (unpaired) electrons. The highest BCUT2D eigenvalue weighted by Crippen LogP contribution is 2.50. The van der Waals surface area contributed by atoms with Crippen molar-refractivity contribution >= 4 is 0 Å². The molecule has 1 aromatic rings. The van der Waals surface area contributed by atoms with Gasteiger partial charge in [0, 0.05) is 5.54 Å². The van der Waals surface area contributed by atoms with Crippen LogP contribution < -0.4 is 5.73 Å². The summed E-state index contributed by atoms with van der Waals surface area (Å²) in [6.45, 7) is 8.95. The second-order valence-electron chi connectivity index (χ2n) is 8.15. The van der Waals surface area contributed by atoms with Crippen molar-refractivity contribution in [3.8, 4) is 0 Å².